The van der Waals surface area contributed by atoms with Crippen LogP contribution in [0.1, 0.15) is 30.0 Å². The number of hydrogen-bond donors (Lipinski definition) is 2. The van der Waals surface area contributed by atoms with Gasteiger partial charge in [-0.3, -0.25) is 0 Å². The maximum Gasteiger partial charge on any atom is 0.216 e. The van der Waals surface area contributed by atoms with Crippen molar-refractivity contribution in [3.05, 3.63) is 75.5 Å². The van der Waals surface area contributed by atoms with Crippen molar-refractivity contribution in [1.82, 2.24) is 5.32 Å². The van der Waals surface area contributed by atoms with Crippen LogP contribution < -0.4 is 9.88 Å². The maximum atomic E-state index is 11.1. The van der Waals surface area contributed by atoms with Gasteiger partial charge in [0.1, 0.15) is 0 Å². The Labute approximate surface area is 157 Å². The van der Waals surface area contributed by atoms with Crippen LogP contribution in [-0.4, -0.2) is 10.8 Å². The van der Waals surface area contributed by atoms with Crippen molar-refractivity contribution in [2.45, 2.75) is 31.5 Å². The Morgan fingerprint density at radius 1 is 1.32 bits per heavy atom. The number of aryl methyl sites for hydroxylation is 1. The molecule has 6 heteroatoms. The summed E-state index contributed by atoms with van der Waals surface area (Å²) in [5.41, 5.74) is 1.05. The maximum absolute atomic E-state index is 11.1. The normalized spacial score (nSPS) is 26.0. The first-order valence-corrected chi connectivity index (χ1v) is 8.67. The minimum absolute atomic E-state index is 0.275. The standard InChI is InChI=1S/C19H18ClN3OS/c1-12-4-3-9-23(11-12)17-16(13-5-7-14(20)8-6-13)15(10-21)18(25)22-19(17,2)24/h3-9,11,16-17,22,24H,1-2H3. The lowest BCUT2D eigenvalue weighted by molar-refractivity contribution is -0.741. The van der Waals surface area contributed by atoms with E-state index in [-0.39, 0.29) is 5.03 Å². The van der Waals surface area contributed by atoms with Gasteiger partial charge in [-0.25, -0.2) is 0 Å². The number of benzene rings is 1. The molecule has 0 fully saturated rings. The second-order valence-electron chi connectivity index (χ2n) is 6.43. The molecule has 2 N–H and O–H groups in total. The third-order valence-electron chi connectivity index (χ3n) is 4.45. The molecule has 25 heavy (non-hydrogen) atoms. The Kier molecular flexibility index (Phi) is 4.70. The van der Waals surface area contributed by atoms with E-state index >= 15 is 0 Å². The zero-order chi connectivity index (χ0) is 18.2. The molecule has 0 saturated heterocycles. The molecule has 2 heterocycles. The number of nitriles is 1. The van der Waals surface area contributed by atoms with Gasteiger partial charge in [0.2, 0.25) is 6.04 Å². The van der Waals surface area contributed by atoms with Gasteiger partial charge in [0.15, 0.2) is 18.1 Å². The highest BCUT2D eigenvalue weighted by atomic mass is 35.5. The molecule has 4 nitrogen and oxygen atoms in total. The van der Waals surface area contributed by atoms with Crippen LogP contribution in [-0.2, 0) is 12.6 Å². The number of nitrogens with one attached hydrogen (secondary N) is 1. The average molecular weight is 372 g/mol. The van der Waals surface area contributed by atoms with E-state index in [1.807, 2.05) is 48.1 Å². The first kappa shape index (κ1) is 17.7. The number of nitrogens with zero attached hydrogens (tertiary/aromatic N) is 2. The third-order valence-corrected chi connectivity index (χ3v) is 5.03. The molecule has 2 aromatic rings. The quantitative estimate of drug-likeness (QED) is 0.629. The summed E-state index contributed by atoms with van der Waals surface area (Å²) in [4.78, 5) is 0. The fourth-order valence-corrected chi connectivity index (χ4v) is 3.89. The Morgan fingerprint density at radius 2 is 2.00 bits per heavy atom. The molecule has 1 aromatic heterocycles. The van der Waals surface area contributed by atoms with Gasteiger partial charge < -0.3 is 23.1 Å². The fraction of sp³-hybridized carbons (Fsp3) is 0.263. The predicted molar refractivity (Wildman–Crippen MR) is 98.4 cm³/mol. The first-order chi connectivity index (χ1) is 11.8. The van der Waals surface area contributed by atoms with Crippen LogP contribution in [0.15, 0.2) is 59.4 Å². The topological polar surface area (TPSA) is 59.9 Å². The van der Waals surface area contributed by atoms with Gasteiger partial charge in [-0.15, -0.1) is 0 Å². The lowest BCUT2D eigenvalue weighted by Crippen LogP contribution is -2.63. The number of hydrogen-bond acceptors (Lipinski definition) is 4. The molecule has 1 aliphatic rings. The number of allylic oxidation sites excluding steroid dienone is 1. The molecular formula is C19H18ClN3OS. The van der Waals surface area contributed by atoms with Crippen molar-refractivity contribution >= 4 is 24.2 Å². The summed E-state index contributed by atoms with van der Waals surface area (Å²) in [6.45, 7) is 3.66. The largest absolute Gasteiger partial charge is 0.762 e. The Balaban J connectivity index is 2.23. The van der Waals surface area contributed by atoms with Crippen LogP contribution in [0.2, 0.25) is 5.02 Å². The molecule has 128 valence electrons. The summed E-state index contributed by atoms with van der Waals surface area (Å²) in [6.07, 6.45) is 3.84. The number of aromatic nitrogens is 1. The smallest absolute Gasteiger partial charge is 0.216 e. The van der Waals surface area contributed by atoms with Crippen molar-refractivity contribution in [2.24, 2.45) is 0 Å². The van der Waals surface area contributed by atoms with Crippen LogP contribution >= 0.6 is 11.6 Å². The molecular weight excluding hydrogens is 354 g/mol. The summed E-state index contributed by atoms with van der Waals surface area (Å²) in [5.74, 6) is -0.391. The third kappa shape index (κ3) is 3.34. The highest BCUT2D eigenvalue weighted by molar-refractivity contribution is 7.63. The van der Waals surface area contributed by atoms with E-state index in [0.717, 1.165) is 11.1 Å². The van der Waals surface area contributed by atoms with Gasteiger partial charge in [-0.1, -0.05) is 28.8 Å². The number of pyridine rings is 1. The van der Waals surface area contributed by atoms with Gasteiger partial charge in [0.25, 0.3) is 0 Å². The second kappa shape index (κ2) is 6.64. The molecule has 0 bridgehead atoms. The number of aliphatic hydroxyl groups is 1. The van der Waals surface area contributed by atoms with Crippen LogP contribution in [0.3, 0.4) is 0 Å². The van der Waals surface area contributed by atoms with Gasteiger partial charge in [0, 0.05) is 22.2 Å². The van der Waals surface area contributed by atoms with Crippen molar-refractivity contribution in [2.75, 3.05) is 0 Å². The molecule has 3 rings (SSSR count). The Bertz CT molecular complexity index is 871. The highest BCUT2D eigenvalue weighted by Gasteiger charge is 2.50. The molecule has 0 saturated carbocycles. The SMILES string of the molecule is Cc1ccc[n+](C2C(c3ccc(Cl)cc3)C(C#N)=C([S-])NC2(C)O)c1. The Morgan fingerprint density at radius 3 is 2.60 bits per heavy atom. The second-order valence-corrected chi connectivity index (χ2v) is 7.27. The number of halogens is 1. The molecule has 0 amide bonds. The van der Waals surface area contributed by atoms with Crippen LogP contribution in [0.25, 0.3) is 0 Å². The fourth-order valence-electron chi connectivity index (χ4n) is 3.38. The van der Waals surface area contributed by atoms with Crippen molar-refractivity contribution < 1.29 is 9.67 Å². The zero-order valence-electron chi connectivity index (χ0n) is 13.9. The van der Waals surface area contributed by atoms with E-state index in [0.29, 0.717) is 10.6 Å². The van der Waals surface area contributed by atoms with Gasteiger partial charge in [-0.2, -0.15) is 9.83 Å². The van der Waals surface area contributed by atoms with Gasteiger partial charge in [-0.05, 0) is 37.6 Å². The van der Waals surface area contributed by atoms with Crippen LogP contribution in [0.4, 0.5) is 0 Å². The summed E-state index contributed by atoms with van der Waals surface area (Å²) in [6, 6.07) is 13.0. The lowest BCUT2D eigenvalue weighted by Gasteiger charge is -2.43. The summed E-state index contributed by atoms with van der Waals surface area (Å²) >= 11 is 11.4. The van der Waals surface area contributed by atoms with E-state index in [1.165, 1.54) is 0 Å². The van der Waals surface area contributed by atoms with E-state index in [9.17, 15) is 10.4 Å². The van der Waals surface area contributed by atoms with E-state index in [1.54, 1.807) is 19.1 Å². The predicted octanol–water partition coefficient (Wildman–Crippen LogP) is 2.85. The first-order valence-electron chi connectivity index (χ1n) is 7.88. The average Bonchev–Trinajstić information content (AvgIpc) is 2.54. The van der Waals surface area contributed by atoms with Gasteiger partial charge in [0.05, 0.1) is 12.0 Å². The molecule has 1 aliphatic heterocycles. The van der Waals surface area contributed by atoms with Crippen LogP contribution in [0, 0.1) is 18.3 Å². The van der Waals surface area contributed by atoms with Crippen molar-refractivity contribution in [3.8, 4) is 6.07 Å². The monoisotopic (exact) mass is 371 g/mol. The summed E-state index contributed by atoms with van der Waals surface area (Å²) in [7, 11) is 0. The molecule has 3 unspecified atom stereocenters. The van der Waals surface area contributed by atoms with Gasteiger partial charge >= 0.3 is 0 Å². The Hall–Kier alpha value is -2.13. The highest BCUT2D eigenvalue weighted by Crippen LogP contribution is 2.42. The minimum Gasteiger partial charge on any atom is -0.762 e. The number of rotatable bonds is 2. The van der Waals surface area contributed by atoms with E-state index in [2.05, 4.69) is 11.4 Å². The van der Waals surface area contributed by atoms with Crippen molar-refractivity contribution in [3.63, 3.8) is 0 Å². The summed E-state index contributed by atoms with van der Waals surface area (Å²) < 4.78 is 1.93. The van der Waals surface area contributed by atoms with E-state index < -0.39 is 17.7 Å². The molecule has 0 spiro atoms. The molecule has 0 radical (unpaired) electrons. The zero-order valence-corrected chi connectivity index (χ0v) is 15.5. The van der Waals surface area contributed by atoms with Crippen molar-refractivity contribution in [1.29, 1.82) is 5.26 Å². The van der Waals surface area contributed by atoms with Crippen LogP contribution in [0.5, 0.6) is 0 Å². The molecule has 3 atom stereocenters. The molecule has 1 aromatic carbocycles. The lowest BCUT2D eigenvalue weighted by atomic mass is 9.78. The summed E-state index contributed by atoms with van der Waals surface area (Å²) in [5, 5.41) is 24.6. The molecule has 0 aliphatic carbocycles. The van der Waals surface area contributed by atoms with E-state index in [4.69, 9.17) is 24.2 Å². The minimum atomic E-state index is -1.32.